The standard InChI is InChI=1S/C21H26BrNO2/c1-25-19-6-7-20(22)18(15-19)14-16-8-11-23(12-9-16)13-10-17-4-2-3-5-21(17)24/h2-7,15-16,24H,8-14H2,1H3. The molecule has 0 radical (unpaired) electrons. The van der Waals surface area contributed by atoms with Crippen LogP contribution in [0.4, 0.5) is 0 Å². The summed E-state index contributed by atoms with van der Waals surface area (Å²) in [4.78, 5) is 2.52. The Labute approximate surface area is 158 Å². The third-order valence-corrected chi connectivity index (χ3v) is 5.93. The summed E-state index contributed by atoms with van der Waals surface area (Å²) in [6.45, 7) is 3.30. The number of ether oxygens (including phenoxy) is 1. The first-order chi connectivity index (χ1) is 12.2. The van der Waals surface area contributed by atoms with Gasteiger partial charge >= 0.3 is 0 Å². The van der Waals surface area contributed by atoms with Crippen molar-refractivity contribution in [3.8, 4) is 11.5 Å². The van der Waals surface area contributed by atoms with Gasteiger partial charge in [-0.1, -0.05) is 34.1 Å². The van der Waals surface area contributed by atoms with Gasteiger partial charge in [0.25, 0.3) is 0 Å². The molecule has 25 heavy (non-hydrogen) atoms. The van der Waals surface area contributed by atoms with Gasteiger partial charge in [-0.25, -0.2) is 0 Å². The predicted molar refractivity (Wildman–Crippen MR) is 105 cm³/mol. The lowest BCUT2D eigenvalue weighted by Gasteiger charge is -2.32. The summed E-state index contributed by atoms with van der Waals surface area (Å²) in [5, 5.41) is 9.88. The Morgan fingerprint density at radius 3 is 2.60 bits per heavy atom. The van der Waals surface area contributed by atoms with Crippen LogP contribution >= 0.6 is 15.9 Å². The lowest BCUT2D eigenvalue weighted by Crippen LogP contribution is -2.35. The highest BCUT2D eigenvalue weighted by molar-refractivity contribution is 9.10. The summed E-state index contributed by atoms with van der Waals surface area (Å²) in [6.07, 6.45) is 4.47. The SMILES string of the molecule is COc1ccc(Br)c(CC2CCN(CCc3ccccc3O)CC2)c1. The molecule has 4 heteroatoms. The largest absolute Gasteiger partial charge is 0.508 e. The number of phenolic OH excluding ortho intramolecular Hbond substituents is 1. The number of hydrogen-bond acceptors (Lipinski definition) is 3. The van der Waals surface area contributed by atoms with Crippen LogP contribution in [0.2, 0.25) is 0 Å². The number of phenols is 1. The van der Waals surface area contributed by atoms with Gasteiger partial charge in [0.2, 0.25) is 0 Å². The van der Waals surface area contributed by atoms with Crippen molar-refractivity contribution in [2.75, 3.05) is 26.7 Å². The number of methoxy groups -OCH3 is 1. The lowest BCUT2D eigenvalue weighted by molar-refractivity contribution is 0.185. The molecule has 1 N–H and O–H groups in total. The van der Waals surface area contributed by atoms with Crippen molar-refractivity contribution in [1.29, 1.82) is 0 Å². The van der Waals surface area contributed by atoms with E-state index in [0.29, 0.717) is 5.75 Å². The summed E-state index contributed by atoms with van der Waals surface area (Å²) in [5.74, 6) is 2.07. The highest BCUT2D eigenvalue weighted by Crippen LogP contribution is 2.29. The minimum absolute atomic E-state index is 0.417. The average Bonchev–Trinajstić information content (AvgIpc) is 2.64. The van der Waals surface area contributed by atoms with Crippen LogP contribution in [0, 0.1) is 5.92 Å². The molecule has 0 amide bonds. The van der Waals surface area contributed by atoms with E-state index in [0.717, 1.165) is 49.7 Å². The Morgan fingerprint density at radius 1 is 1.12 bits per heavy atom. The van der Waals surface area contributed by atoms with Crippen LogP contribution in [0.15, 0.2) is 46.9 Å². The number of hydrogen-bond donors (Lipinski definition) is 1. The van der Waals surface area contributed by atoms with Crippen LogP contribution in [0.5, 0.6) is 11.5 Å². The van der Waals surface area contributed by atoms with Gasteiger partial charge < -0.3 is 14.7 Å². The number of benzene rings is 2. The smallest absolute Gasteiger partial charge is 0.119 e. The van der Waals surface area contributed by atoms with E-state index in [1.807, 2.05) is 24.3 Å². The van der Waals surface area contributed by atoms with Crippen LogP contribution in [-0.4, -0.2) is 36.8 Å². The van der Waals surface area contributed by atoms with Gasteiger partial charge in [0.15, 0.2) is 0 Å². The second kappa shape index (κ2) is 8.72. The maximum Gasteiger partial charge on any atom is 0.119 e. The summed E-state index contributed by atoms with van der Waals surface area (Å²) < 4.78 is 6.53. The Hall–Kier alpha value is -1.52. The molecule has 0 aliphatic carbocycles. The molecule has 1 heterocycles. The quantitative estimate of drug-likeness (QED) is 0.760. The number of halogens is 1. The summed E-state index contributed by atoms with van der Waals surface area (Å²) in [6, 6.07) is 13.9. The van der Waals surface area contributed by atoms with E-state index in [1.165, 1.54) is 22.9 Å². The van der Waals surface area contributed by atoms with Crippen molar-refractivity contribution in [3.05, 3.63) is 58.1 Å². The monoisotopic (exact) mass is 403 g/mol. The molecular weight excluding hydrogens is 378 g/mol. The first-order valence-corrected chi connectivity index (χ1v) is 9.76. The minimum atomic E-state index is 0.417. The summed E-state index contributed by atoms with van der Waals surface area (Å²) >= 11 is 3.67. The molecule has 1 aliphatic heterocycles. The Kier molecular flexibility index (Phi) is 6.38. The van der Waals surface area contributed by atoms with Crippen molar-refractivity contribution >= 4 is 15.9 Å². The predicted octanol–water partition coefficient (Wildman–Crippen LogP) is 4.66. The molecule has 0 spiro atoms. The van der Waals surface area contributed by atoms with E-state index < -0.39 is 0 Å². The Bertz CT molecular complexity index is 696. The first kappa shape index (κ1) is 18.3. The highest BCUT2D eigenvalue weighted by atomic mass is 79.9. The fraction of sp³-hybridized carbons (Fsp3) is 0.429. The van der Waals surface area contributed by atoms with Gasteiger partial charge in [-0.15, -0.1) is 0 Å². The maximum atomic E-state index is 9.88. The molecule has 2 aromatic rings. The summed E-state index contributed by atoms with van der Waals surface area (Å²) in [7, 11) is 1.72. The van der Waals surface area contributed by atoms with Crippen LogP contribution in [-0.2, 0) is 12.8 Å². The number of likely N-dealkylation sites (tertiary alicyclic amines) is 1. The van der Waals surface area contributed by atoms with E-state index in [4.69, 9.17) is 4.74 Å². The van der Waals surface area contributed by atoms with E-state index in [2.05, 4.69) is 33.0 Å². The van der Waals surface area contributed by atoms with E-state index >= 15 is 0 Å². The fourth-order valence-electron chi connectivity index (χ4n) is 3.56. The number of nitrogens with zero attached hydrogens (tertiary/aromatic N) is 1. The van der Waals surface area contributed by atoms with Crippen LogP contribution in [0.3, 0.4) is 0 Å². The van der Waals surface area contributed by atoms with Crippen LogP contribution in [0.1, 0.15) is 24.0 Å². The highest BCUT2D eigenvalue weighted by Gasteiger charge is 2.20. The first-order valence-electron chi connectivity index (χ1n) is 8.97. The molecule has 0 saturated carbocycles. The number of aromatic hydroxyl groups is 1. The average molecular weight is 404 g/mol. The molecule has 0 aromatic heterocycles. The molecule has 1 aliphatic rings. The van der Waals surface area contributed by atoms with Crippen molar-refractivity contribution in [1.82, 2.24) is 4.90 Å². The van der Waals surface area contributed by atoms with Crippen molar-refractivity contribution in [2.45, 2.75) is 25.7 Å². The Balaban J connectivity index is 1.48. The second-order valence-corrected chi connectivity index (χ2v) is 7.68. The molecule has 134 valence electrons. The van der Waals surface area contributed by atoms with Gasteiger partial charge in [-0.3, -0.25) is 0 Å². The second-order valence-electron chi connectivity index (χ2n) is 6.83. The van der Waals surface area contributed by atoms with Crippen molar-refractivity contribution in [3.63, 3.8) is 0 Å². The topological polar surface area (TPSA) is 32.7 Å². The zero-order valence-electron chi connectivity index (χ0n) is 14.7. The number of rotatable bonds is 6. The van der Waals surface area contributed by atoms with Crippen molar-refractivity contribution in [2.24, 2.45) is 5.92 Å². The van der Waals surface area contributed by atoms with Crippen LogP contribution in [0.25, 0.3) is 0 Å². The summed E-state index contributed by atoms with van der Waals surface area (Å²) in [5.41, 5.74) is 2.39. The minimum Gasteiger partial charge on any atom is -0.508 e. The van der Waals surface area contributed by atoms with E-state index in [9.17, 15) is 5.11 Å². The Morgan fingerprint density at radius 2 is 1.88 bits per heavy atom. The third-order valence-electron chi connectivity index (χ3n) is 5.16. The number of piperidine rings is 1. The zero-order chi connectivity index (χ0) is 17.6. The molecule has 2 aromatic carbocycles. The van der Waals surface area contributed by atoms with Gasteiger partial charge in [-0.2, -0.15) is 0 Å². The molecule has 3 rings (SSSR count). The molecular formula is C21H26BrNO2. The van der Waals surface area contributed by atoms with Gasteiger partial charge in [0, 0.05) is 11.0 Å². The molecule has 0 bridgehead atoms. The number of para-hydroxylation sites is 1. The van der Waals surface area contributed by atoms with Crippen LogP contribution < -0.4 is 4.74 Å². The third kappa shape index (κ3) is 4.99. The van der Waals surface area contributed by atoms with E-state index in [1.54, 1.807) is 13.2 Å². The molecule has 3 nitrogen and oxygen atoms in total. The normalized spacial score (nSPS) is 16.1. The zero-order valence-corrected chi connectivity index (χ0v) is 16.3. The van der Waals surface area contributed by atoms with Gasteiger partial charge in [0.1, 0.15) is 11.5 Å². The molecule has 1 fully saturated rings. The van der Waals surface area contributed by atoms with Gasteiger partial charge in [0.05, 0.1) is 7.11 Å². The maximum absolute atomic E-state index is 9.88. The molecule has 0 unspecified atom stereocenters. The van der Waals surface area contributed by atoms with Gasteiger partial charge in [-0.05, 0) is 80.1 Å². The van der Waals surface area contributed by atoms with Crippen molar-refractivity contribution < 1.29 is 9.84 Å². The molecule has 0 atom stereocenters. The van der Waals surface area contributed by atoms with E-state index in [-0.39, 0.29) is 0 Å². The molecule has 1 saturated heterocycles. The lowest BCUT2D eigenvalue weighted by atomic mass is 9.90. The fourth-order valence-corrected chi connectivity index (χ4v) is 3.97.